The highest BCUT2D eigenvalue weighted by Crippen LogP contribution is 2.65. The van der Waals surface area contributed by atoms with Crippen LogP contribution in [0.15, 0.2) is 400 Å². The lowest BCUT2D eigenvalue weighted by Crippen LogP contribution is -2.31. The third-order valence-electron chi connectivity index (χ3n) is 33.1. The largest absolute Gasteiger partial charge is 0.310 e. The normalized spacial score (nSPS) is 14.5. The molecule has 0 atom stereocenters. The minimum absolute atomic E-state index is 0.224. The van der Waals surface area contributed by atoms with E-state index in [1.807, 2.05) is 0 Å². The number of anilines is 12. The average molecular weight is 1790 g/mol. The molecule has 29 rings (SSSR count). The van der Waals surface area contributed by atoms with Crippen LogP contribution in [0.4, 0.5) is 68.2 Å². The second kappa shape index (κ2) is 29.6. The zero-order valence-corrected chi connectivity index (χ0v) is 80.9. The van der Waals surface area contributed by atoms with Gasteiger partial charge < -0.3 is 19.6 Å². The molecule has 2 aliphatic carbocycles. The minimum Gasteiger partial charge on any atom is -0.310 e. The zero-order chi connectivity index (χ0) is 94.2. The van der Waals surface area contributed by atoms with Crippen molar-refractivity contribution in [3.8, 4) is 22.3 Å². The van der Waals surface area contributed by atoms with Crippen molar-refractivity contribution in [2.24, 2.45) is 0 Å². The maximum Gasteiger partial charge on any atom is 0.0546 e. The molecular formula is C136H102N4. The van der Waals surface area contributed by atoms with Gasteiger partial charge in [0.15, 0.2) is 0 Å². The van der Waals surface area contributed by atoms with Gasteiger partial charge in [-0.05, 0) is 339 Å². The van der Waals surface area contributed by atoms with E-state index < -0.39 is 0 Å². The molecule has 0 amide bonds. The molecule has 4 aliphatic rings. The first kappa shape index (κ1) is 81.9. The summed E-state index contributed by atoms with van der Waals surface area (Å²) in [5, 5.41) is 33.6. The Bertz CT molecular complexity index is 9610. The van der Waals surface area contributed by atoms with Gasteiger partial charge in [0.2, 0.25) is 0 Å². The summed E-state index contributed by atoms with van der Waals surface area (Å²) in [7, 11) is 0. The molecule has 0 N–H and O–H groups in total. The second-order valence-electron chi connectivity index (χ2n) is 42.4. The third-order valence-corrected chi connectivity index (χ3v) is 33.1. The average Bonchev–Trinajstić information content (AvgIpc) is 1.56. The van der Waals surface area contributed by atoms with E-state index in [0.717, 1.165) is 28.4 Å². The quantitative estimate of drug-likeness (QED) is 0.111. The van der Waals surface area contributed by atoms with E-state index >= 15 is 0 Å². The topological polar surface area (TPSA) is 13.0 Å². The van der Waals surface area contributed by atoms with Gasteiger partial charge in [0.05, 0.1) is 45.5 Å². The Morgan fingerprint density at radius 2 is 0.579 bits per heavy atom. The van der Waals surface area contributed by atoms with E-state index in [0.29, 0.717) is 0 Å². The molecule has 25 aromatic rings. The van der Waals surface area contributed by atoms with Gasteiger partial charge in [0.1, 0.15) is 0 Å². The number of hydrogen-bond acceptors (Lipinski definition) is 4. The maximum atomic E-state index is 2.61. The standard InChI is InChI=1S/C68H50N2.C68H52N2/c1-39-14-9-18-44(34-39)69(45-19-10-15-40(2)35-45)58-32-28-42-27-31-50-59(33-29-43-26-30-49(58)63(42)64(43)50)70-60-25-8-7-24-54(60)67(3,4)56-37-53-55(38-61(56)70)68(5,6)57-36-52-48-21-12-17-41-16-11-20-46(62(41)48)47-22-13-23-51(65(47)52)66(53)57;1-41-23-28-44(29-24-41)69(45-30-25-42(2)26-31-45)63-38-55-48-18-10-12-20-53(48)64(39-56(55)47-17-9-11-19-52(47)63)70-62-22-14-13-21-58(62)67(3,4)61-37-57-60(40-65(61)70)68(5,6)59-36-35-51-50-32-27-43-15-7-8-16-46(43)49(50)33-34-54(51)66(57)59/h7-38H,1-6H3;7-40H,1-6H3. The Morgan fingerprint density at radius 3 is 1.21 bits per heavy atom. The summed E-state index contributed by atoms with van der Waals surface area (Å²) in [6, 6.07) is 152. The van der Waals surface area contributed by atoms with Crippen molar-refractivity contribution in [1.29, 1.82) is 0 Å². The number of para-hydroxylation sites is 2. The molecule has 2 aliphatic heterocycles. The monoisotopic (exact) mass is 1790 g/mol. The third kappa shape index (κ3) is 11.5. The highest BCUT2D eigenvalue weighted by molar-refractivity contribution is 6.36. The maximum absolute atomic E-state index is 2.61. The molecule has 0 unspecified atom stereocenters. The van der Waals surface area contributed by atoms with Crippen molar-refractivity contribution in [1.82, 2.24) is 0 Å². The smallest absolute Gasteiger partial charge is 0.0546 e. The van der Waals surface area contributed by atoms with Crippen molar-refractivity contribution in [2.45, 2.75) is 105 Å². The number of nitrogens with zero attached hydrogens (tertiary/aromatic N) is 4. The number of hydrogen-bond donors (Lipinski definition) is 0. The van der Waals surface area contributed by atoms with Crippen molar-refractivity contribution in [3.63, 3.8) is 0 Å². The van der Waals surface area contributed by atoms with Gasteiger partial charge in [0.25, 0.3) is 0 Å². The highest BCUT2D eigenvalue weighted by atomic mass is 15.2. The predicted octanol–water partition coefficient (Wildman–Crippen LogP) is 38.2. The van der Waals surface area contributed by atoms with Crippen LogP contribution >= 0.6 is 0 Å². The molecular weight excluding hydrogens is 1690 g/mol. The van der Waals surface area contributed by atoms with Crippen LogP contribution in [0.5, 0.6) is 0 Å². The molecule has 4 nitrogen and oxygen atoms in total. The van der Waals surface area contributed by atoms with Crippen molar-refractivity contribution in [2.75, 3.05) is 19.6 Å². The fourth-order valence-electron chi connectivity index (χ4n) is 26.2. The Labute approximate surface area is 816 Å². The molecule has 0 aromatic heterocycles. The number of rotatable bonds is 8. The van der Waals surface area contributed by atoms with Crippen molar-refractivity contribution in [3.05, 3.63) is 467 Å². The first-order chi connectivity index (χ1) is 68.1. The molecule has 666 valence electrons. The van der Waals surface area contributed by atoms with Crippen LogP contribution in [0.2, 0.25) is 0 Å². The fraction of sp³-hybridized carbons (Fsp3) is 0.118. The summed E-state index contributed by atoms with van der Waals surface area (Å²) >= 11 is 0. The first-order valence-electron chi connectivity index (χ1n) is 49.8. The molecule has 0 bridgehead atoms. The molecule has 0 saturated heterocycles. The Kier molecular flexibility index (Phi) is 17.3. The lowest BCUT2D eigenvalue weighted by Gasteiger charge is -2.43. The van der Waals surface area contributed by atoms with E-state index in [4.69, 9.17) is 0 Å². The Hall–Kier alpha value is -16.4. The molecule has 0 radical (unpaired) electrons. The van der Waals surface area contributed by atoms with E-state index in [-0.39, 0.29) is 21.7 Å². The summed E-state index contributed by atoms with van der Waals surface area (Å²) in [6.07, 6.45) is 0. The predicted molar refractivity (Wildman–Crippen MR) is 600 cm³/mol. The van der Waals surface area contributed by atoms with Crippen LogP contribution < -0.4 is 19.6 Å². The van der Waals surface area contributed by atoms with Gasteiger partial charge >= 0.3 is 0 Å². The number of fused-ring (bicyclic) bond motifs is 24. The van der Waals surface area contributed by atoms with E-state index in [9.17, 15) is 0 Å². The summed E-state index contributed by atoms with van der Waals surface area (Å²) in [5.41, 5.74) is 34.6. The van der Waals surface area contributed by atoms with E-state index in [1.54, 1.807) is 0 Å². The second-order valence-corrected chi connectivity index (χ2v) is 42.4. The summed E-state index contributed by atoms with van der Waals surface area (Å²) < 4.78 is 0. The fourth-order valence-corrected chi connectivity index (χ4v) is 26.2. The molecule has 0 spiro atoms. The molecule has 2 heterocycles. The van der Waals surface area contributed by atoms with Crippen LogP contribution in [-0.4, -0.2) is 0 Å². The Balaban J connectivity index is 0.000000137. The summed E-state index contributed by atoms with van der Waals surface area (Å²) in [5.74, 6) is 0. The van der Waals surface area contributed by atoms with Crippen LogP contribution in [0.3, 0.4) is 0 Å². The van der Waals surface area contributed by atoms with Gasteiger partial charge in [-0.15, -0.1) is 0 Å². The van der Waals surface area contributed by atoms with E-state index in [1.165, 1.54) is 269 Å². The van der Waals surface area contributed by atoms with Gasteiger partial charge in [-0.25, -0.2) is 0 Å². The lowest BCUT2D eigenvalue weighted by molar-refractivity contribution is 0.627. The summed E-state index contributed by atoms with van der Waals surface area (Å²) in [4.78, 5) is 10.1. The number of benzene rings is 25. The van der Waals surface area contributed by atoms with Crippen LogP contribution in [0.1, 0.15) is 122 Å². The molecule has 4 heteroatoms. The minimum atomic E-state index is -0.274. The highest BCUT2D eigenvalue weighted by Gasteiger charge is 2.47. The van der Waals surface area contributed by atoms with Gasteiger partial charge in [-0.1, -0.05) is 352 Å². The van der Waals surface area contributed by atoms with Gasteiger partial charge in [-0.2, -0.15) is 0 Å². The summed E-state index contributed by atoms with van der Waals surface area (Å²) in [6.45, 7) is 28.2. The van der Waals surface area contributed by atoms with E-state index in [2.05, 4.69) is 503 Å². The van der Waals surface area contributed by atoms with Crippen LogP contribution in [0, 0.1) is 27.7 Å². The van der Waals surface area contributed by atoms with Crippen molar-refractivity contribution >= 4 is 208 Å². The molecule has 0 saturated carbocycles. The van der Waals surface area contributed by atoms with Crippen LogP contribution in [-0.2, 0) is 21.7 Å². The molecule has 25 aromatic carbocycles. The van der Waals surface area contributed by atoms with Crippen molar-refractivity contribution < 1.29 is 0 Å². The van der Waals surface area contributed by atoms with Gasteiger partial charge in [-0.3, -0.25) is 0 Å². The zero-order valence-electron chi connectivity index (χ0n) is 80.9. The molecule has 140 heavy (non-hydrogen) atoms. The van der Waals surface area contributed by atoms with Crippen LogP contribution in [0.25, 0.3) is 162 Å². The SMILES string of the molecule is Cc1ccc(N(c2ccc(C)cc2)c2cc3c4ccccc4c(N4c5ccccc5C(C)(C)c5cc6c(cc54)C(C)(C)c4ccc5c(ccc7c8ccccc8ccc57)c4-6)cc3c3ccccc23)cc1.Cc1cccc(N(c2cccc(C)c2)c2ccc3ccc4c(N5c6ccccc6C(C)(C)c6cc7c(cc65)C(C)(C)c5cc6c8cccc9cccc(c%10cccc(c5-7)c%106)c98)ccc5ccc2c3c54)c1. The molecule has 0 fully saturated rings. The Morgan fingerprint density at radius 1 is 0.171 bits per heavy atom. The first-order valence-corrected chi connectivity index (χ1v) is 49.8. The van der Waals surface area contributed by atoms with Gasteiger partial charge in [0, 0.05) is 66.0 Å². The number of aryl methyl sites for hydroxylation is 4. The lowest BCUT2D eigenvalue weighted by atomic mass is 9.71.